The van der Waals surface area contributed by atoms with Gasteiger partial charge in [0.1, 0.15) is 0 Å². The monoisotopic (exact) mass is 302 g/mol. The molecule has 1 aliphatic carbocycles. The van der Waals surface area contributed by atoms with E-state index < -0.39 is 10.0 Å². The molecular formula is C13H22N2O2S2. The van der Waals surface area contributed by atoms with Gasteiger partial charge in [0, 0.05) is 18.0 Å². The maximum Gasteiger partial charge on any atom is 0.241 e. The van der Waals surface area contributed by atoms with Crippen LogP contribution in [0.1, 0.15) is 43.4 Å². The van der Waals surface area contributed by atoms with Gasteiger partial charge in [-0.3, -0.25) is 0 Å². The summed E-state index contributed by atoms with van der Waals surface area (Å²) in [5.41, 5.74) is 5.55. The number of rotatable bonds is 7. The molecule has 19 heavy (non-hydrogen) atoms. The van der Waals surface area contributed by atoms with Crippen LogP contribution in [0.25, 0.3) is 0 Å². The highest BCUT2D eigenvalue weighted by Gasteiger charge is 2.19. The quantitative estimate of drug-likeness (QED) is 0.760. The average Bonchev–Trinajstić information content (AvgIpc) is 3.05. The zero-order valence-corrected chi connectivity index (χ0v) is 12.7. The van der Waals surface area contributed by atoms with Gasteiger partial charge in [-0.25, -0.2) is 13.1 Å². The summed E-state index contributed by atoms with van der Waals surface area (Å²) in [5.74, 6) is 0.810. The average molecular weight is 302 g/mol. The summed E-state index contributed by atoms with van der Waals surface area (Å²) in [5, 5.41) is 1.77. The fourth-order valence-corrected chi connectivity index (χ4v) is 5.10. The van der Waals surface area contributed by atoms with Crippen LogP contribution in [0.4, 0.5) is 0 Å². The summed E-state index contributed by atoms with van der Waals surface area (Å²) in [6, 6.07) is 1.63. The topological polar surface area (TPSA) is 72.2 Å². The summed E-state index contributed by atoms with van der Waals surface area (Å²) in [7, 11) is -3.38. The van der Waals surface area contributed by atoms with Crippen LogP contribution in [0.15, 0.2) is 16.3 Å². The molecule has 1 aromatic heterocycles. The van der Waals surface area contributed by atoms with Crippen LogP contribution >= 0.6 is 11.3 Å². The van der Waals surface area contributed by atoms with Crippen LogP contribution in [0, 0.1) is 5.92 Å². The van der Waals surface area contributed by atoms with Crippen molar-refractivity contribution in [1.29, 1.82) is 0 Å². The smallest absolute Gasteiger partial charge is 0.241 e. The molecule has 0 saturated heterocycles. The van der Waals surface area contributed by atoms with Gasteiger partial charge in [-0.05, 0) is 30.2 Å². The van der Waals surface area contributed by atoms with Gasteiger partial charge in [-0.2, -0.15) is 0 Å². The van der Waals surface area contributed by atoms with Crippen molar-refractivity contribution >= 4 is 21.4 Å². The number of nitrogens with one attached hydrogen (secondary N) is 1. The summed E-state index contributed by atoms with van der Waals surface area (Å²) < 4.78 is 26.9. The van der Waals surface area contributed by atoms with Gasteiger partial charge in [-0.1, -0.05) is 25.7 Å². The molecule has 0 amide bonds. The molecular weight excluding hydrogens is 280 g/mol. The predicted octanol–water partition coefficient (Wildman–Crippen LogP) is 2.46. The Hall–Kier alpha value is -0.430. The summed E-state index contributed by atoms with van der Waals surface area (Å²) >= 11 is 1.39. The predicted molar refractivity (Wildman–Crippen MR) is 78.6 cm³/mol. The Morgan fingerprint density at radius 1 is 1.37 bits per heavy atom. The van der Waals surface area contributed by atoms with Gasteiger partial charge in [-0.15, -0.1) is 11.3 Å². The van der Waals surface area contributed by atoms with E-state index in [-0.39, 0.29) is 6.54 Å². The van der Waals surface area contributed by atoms with Crippen molar-refractivity contribution in [2.45, 2.75) is 50.0 Å². The molecule has 0 atom stereocenters. The highest BCUT2D eigenvalue weighted by molar-refractivity contribution is 7.89. The number of sulfonamides is 1. The minimum atomic E-state index is -3.38. The van der Waals surface area contributed by atoms with E-state index in [0.717, 1.165) is 23.6 Å². The highest BCUT2D eigenvalue weighted by atomic mass is 32.2. The lowest BCUT2D eigenvalue weighted by molar-refractivity contribution is 0.480. The first kappa shape index (κ1) is 15.0. The lowest BCUT2D eigenvalue weighted by atomic mass is 10.0. The molecule has 0 radical (unpaired) electrons. The Labute approximate surface area is 119 Å². The van der Waals surface area contributed by atoms with E-state index in [0.29, 0.717) is 11.4 Å². The van der Waals surface area contributed by atoms with E-state index in [1.165, 1.54) is 37.0 Å². The van der Waals surface area contributed by atoms with Gasteiger partial charge in [0.05, 0.1) is 4.90 Å². The van der Waals surface area contributed by atoms with Crippen molar-refractivity contribution in [2.24, 2.45) is 11.7 Å². The van der Waals surface area contributed by atoms with E-state index in [9.17, 15) is 8.42 Å². The van der Waals surface area contributed by atoms with Crippen LogP contribution in [0.2, 0.25) is 0 Å². The van der Waals surface area contributed by atoms with Crippen LogP contribution in [0.5, 0.6) is 0 Å². The number of thiophene rings is 1. The number of hydrogen-bond donors (Lipinski definition) is 2. The van der Waals surface area contributed by atoms with Gasteiger partial charge in [0.25, 0.3) is 0 Å². The standard InChI is InChI=1S/C13H22N2O2S2/c14-10-12-13(7-9-18-12)19(16,17)15-8-3-6-11-4-1-2-5-11/h7,9,11,15H,1-6,8,10,14H2. The molecule has 2 rings (SSSR count). The molecule has 1 heterocycles. The minimum Gasteiger partial charge on any atom is -0.326 e. The molecule has 1 aliphatic rings. The Morgan fingerprint density at radius 3 is 2.79 bits per heavy atom. The highest BCUT2D eigenvalue weighted by Crippen LogP contribution is 2.28. The normalized spacial score (nSPS) is 17.1. The molecule has 4 nitrogen and oxygen atoms in total. The third-order valence-electron chi connectivity index (χ3n) is 3.74. The van der Waals surface area contributed by atoms with Crippen LogP contribution in [-0.2, 0) is 16.6 Å². The molecule has 1 fully saturated rings. The molecule has 0 unspecified atom stereocenters. The van der Waals surface area contributed by atoms with E-state index in [1.54, 1.807) is 11.4 Å². The fraction of sp³-hybridized carbons (Fsp3) is 0.692. The van der Waals surface area contributed by atoms with E-state index in [4.69, 9.17) is 5.73 Å². The molecule has 0 spiro atoms. The second kappa shape index (κ2) is 6.83. The van der Waals surface area contributed by atoms with Gasteiger partial charge >= 0.3 is 0 Å². The molecule has 1 aromatic rings. The molecule has 0 aliphatic heterocycles. The molecule has 6 heteroatoms. The fourth-order valence-electron chi connectivity index (χ4n) is 2.69. The van der Waals surface area contributed by atoms with Crippen LogP contribution < -0.4 is 10.5 Å². The van der Waals surface area contributed by atoms with Crippen LogP contribution in [-0.4, -0.2) is 15.0 Å². The number of nitrogens with two attached hydrogens (primary N) is 1. The van der Waals surface area contributed by atoms with Gasteiger partial charge < -0.3 is 5.73 Å². The third-order valence-corrected chi connectivity index (χ3v) is 6.35. The summed E-state index contributed by atoms with van der Waals surface area (Å²) in [4.78, 5) is 1.07. The van der Waals surface area contributed by atoms with E-state index in [2.05, 4.69) is 4.72 Å². The third kappa shape index (κ3) is 4.02. The van der Waals surface area contributed by atoms with E-state index in [1.807, 2.05) is 0 Å². The van der Waals surface area contributed by atoms with Crippen molar-refractivity contribution in [1.82, 2.24) is 4.72 Å². The molecule has 0 aromatic carbocycles. The Morgan fingerprint density at radius 2 is 2.11 bits per heavy atom. The second-order valence-corrected chi connectivity index (χ2v) is 7.84. The first-order valence-electron chi connectivity index (χ1n) is 6.89. The second-order valence-electron chi connectivity index (χ2n) is 5.10. The van der Waals surface area contributed by atoms with Crippen molar-refractivity contribution in [3.8, 4) is 0 Å². The van der Waals surface area contributed by atoms with Crippen molar-refractivity contribution in [3.05, 3.63) is 16.3 Å². The number of hydrogen-bond acceptors (Lipinski definition) is 4. The minimum absolute atomic E-state index is 0.274. The van der Waals surface area contributed by atoms with Crippen LogP contribution in [0.3, 0.4) is 0 Å². The maximum atomic E-state index is 12.1. The SMILES string of the molecule is NCc1sccc1S(=O)(=O)NCCCC1CCCC1. The van der Waals surface area contributed by atoms with Crippen molar-refractivity contribution < 1.29 is 8.42 Å². The molecule has 108 valence electrons. The van der Waals surface area contributed by atoms with Gasteiger partial charge in [0.15, 0.2) is 0 Å². The Bertz CT molecular complexity index is 490. The first-order valence-corrected chi connectivity index (χ1v) is 9.26. The lowest BCUT2D eigenvalue weighted by Crippen LogP contribution is -2.25. The van der Waals surface area contributed by atoms with Gasteiger partial charge in [0.2, 0.25) is 10.0 Å². The lowest BCUT2D eigenvalue weighted by Gasteiger charge is -2.10. The zero-order valence-electron chi connectivity index (χ0n) is 11.1. The molecule has 3 N–H and O–H groups in total. The Kier molecular flexibility index (Phi) is 5.38. The molecule has 0 bridgehead atoms. The summed E-state index contributed by atoms with van der Waals surface area (Å²) in [6.07, 6.45) is 7.36. The van der Waals surface area contributed by atoms with Crippen molar-refractivity contribution in [3.63, 3.8) is 0 Å². The zero-order chi connectivity index (χ0) is 13.7. The largest absolute Gasteiger partial charge is 0.326 e. The van der Waals surface area contributed by atoms with E-state index >= 15 is 0 Å². The van der Waals surface area contributed by atoms with Crippen molar-refractivity contribution in [2.75, 3.05) is 6.54 Å². The summed E-state index contributed by atoms with van der Waals surface area (Å²) in [6.45, 7) is 0.800. The maximum absolute atomic E-state index is 12.1. The Balaban J connectivity index is 1.81. The first-order chi connectivity index (χ1) is 9.13. The molecule has 1 saturated carbocycles.